The van der Waals surface area contributed by atoms with Gasteiger partial charge in [0.1, 0.15) is 0 Å². The Morgan fingerprint density at radius 1 is 1.39 bits per heavy atom. The Labute approximate surface area is 113 Å². The molecule has 6 heteroatoms. The first-order chi connectivity index (χ1) is 8.60. The zero-order valence-corrected chi connectivity index (χ0v) is 12.4. The molecule has 0 saturated carbocycles. The molecule has 1 aromatic heterocycles. The summed E-state index contributed by atoms with van der Waals surface area (Å²) in [6.07, 6.45) is 3.34. The summed E-state index contributed by atoms with van der Waals surface area (Å²) in [6, 6.07) is 0.191. The van der Waals surface area contributed by atoms with Crippen LogP contribution >= 0.6 is 11.3 Å². The normalized spacial score (nSPS) is 10.7. The van der Waals surface area contributed by atoms with E-state index in [2.05, 4.69) is 22.4 Å². The first kappa shape index (κ1) is 14.9. The molecule has 18 heavy (non-hydrogen) atoms. The molecule has 0 atom stereocenters. The Balaban J connectivity index is 2.69. The molecule has 0 aliphatic rings. The number of nitrogens with zero attached hydrogens (tertiary/aromatic N) is 3. The van der Waals surface area contributed by atoms with Crippen molar-refractivity contribution in [2.24, 2.45) is 0 Å². The molecule has 5 nitrogen and oxygen atoms in total. The third-order valence-electron chi connectivity index (χ3n) is 2.71. The minimum atomic E-state index is -0.0138. The second-order valence-corrected chi connectivity index (χ2v) is 5.44. The molecule has 1 heterocycles. The van der Waals surface area contributed by atoms with Crippen LogP contribution in [0.25, 0.3) is 0 Å². The molecule has 1 amide bonds. The Bertz CT molecular complexity index is 378. The van der Waals surface area contributed by atoms with Crippen molar-refractivity contribution in [1.82, 2.24) is 15.1 Å². The largest absolute Gasteiger partial charge is 0.363 e. The van der Waals surface area contributed by atoms with E-state index in [9.17, 15) is 4.79 Å². The minimum absolute atomic E-state index is 0.0138. The first-order valence-electron chi connectivity index (χ1n) is 6.42. The predicted octanol–water partition coefficient (Wildman–Crippen LogP) is 2.62. The highest BCUT2D eigenvalue weighted by atomic mass is 32.1. The van der Waals surface area contributed by atoms with Gasteiger partial charge >= 0.3 is 0 Å². The lowest BCUT2D eigenvalue weighted by Crippen LogP contribution is -2.37. The van der Waals surface area contributed by atoms with Crippen LogP contribution in [-0.2, 0) is 0 Å². The summed E-state index contributed by atoms with van der Waals surface area (Å²) in [5, 5.41) is 11.9. The van der Waals surface area contributed by atoms with Crippen molar-refractivity contribution in [1.29, 1.82) is 0 Å². The van der Waals surface area contributed by atoms with Gasteiger partial charge in [-0.05, 0) is 20.3 Å². The summed E-state index contributed by atoms with van der Waals surface area (Å²) in [5.74, 6) is -0.0138. The smallest absolute Gasteiger partial charge is 0.285 e. The van der Waals surface area contributed by atoms with Crippen LogP contribution in [0.1, 0.15) is 49.8 Å². The molecule has 0 bridgehead atoms. The molecule has 0 saturated heterocycles. The second-order valence-electron chi connectivity index (χ2n) is 4.46. The fraction of sp³-hybridized carbons (Fsp3) is 0.750. The molecule has 102 valence electrons. The van der Waals surface area contributed by atoms with Gasteiger partial charge < -0.3 is 10.2 Å². The predicted molar refractivity (Wildman–Crippen MR) is 75.2 cm³/mol. The van der Waals surface area contributed by atoms with Crippen molar-refractivity contribution < 1.29 is 4.79 Å². The average molecular weight is 270 g/mol. The summed E-state index contributed by atoms with van der Waals surface area (Å²) >= 11 is 1.30. The summed E-state index contributed by atoms with van der Waals surface area (Å²) in [5.41, 5.74) is 0. The highest BCUT2D eigenvalue weighted by molar-refractivity contribution is 7.17. The van der Waals surface area contributed by atoms with Gasteiger partial charge in [-0.2, -0.15) is 0 Å². The van der Waals surface area contributed by atoms with E-state index in [0.717, 1.165) is 25.8 Å². The number of unbranched alkanes of at least 4 members (excludes halogenated alkanes) is 2. The number of nitrogens with one attached hydrogen (secondary N) is 1. The Kier molecular flexibility index (Phi) is 6.04. The minimum Gasteiger partial charge on any atom is -0.363 e. The Hall–Kier alpha value is -1.17. The maximum absolute atomic E-state index is 12.3. The van der Waals surface area contributed by atoms with Crippen LogP contribution in [0.4, 0.5) is 5.13 Å². The van der Waals surface area contributed by atoms with Gasteiger partial charge in [-0.1, -0.05) is 31.1 Å². The Morgan fingerprint density at radius 2 is 2.11 bits per heavy atom. The lowest BCUT2D eigenvalue weighted by Gasteiger charge is -2.25. The van der Waals surface area contributed by atoms with Crippen LogP contribution in [0.2, 0.25) is 0 Å². The molecule has 0 aliphatic heterocycles. The van der Waals surface area contributed by atoms with Crippen molar-refractivity contribution in [3.63, 3.8) is 0 Å². The van der Waals surface area contributed by atoms with Crippen molar-refractivity contribution >= 4 is 22.4 Å². The van der Waals surface area contributed by atoms with E-state index in [1.807, 2.05) is 18.7 Å². The number of rotatable bonds is 7. The van der Waals surface area contributed by atoms with Crippen LogP contribution in [-0.4, -0.2) is 40.6 Å². The number of aromatic nitrogens is 2. The first-order valence-corrected chi connectivity index (χ1v) is 7.24. The van der Waals surface area contributed by atoms with Gasteiger partial charge in [0.25, 0.3) is 5.91 Å². The highest BCUT2D eigenvalue weighted by Crippen LogP contribution is 2.17. The lowest BCUT2D eigenvalue weighted by molar-refractivity contribution is 0.0701. The van der Waals surface area contributed by atoms with E-state index in [1.165, 1.54) is 11.3 Å². The summed E-state index contributed by atoms with van der Waals surface area (Å²) < 4.78 is 0. The van der Waals surface area contributed by atoms with Crippen molar-refractivity contribution in [3.05, 3.63) is 5.01 Å². The van der Waals surface area contributed by atoms with Crippen molar-refractivity contribution in [3.8, 4) is 0 Å². The van der Waals surface area contributed by atoms with Crippen LogP contribution in [0.3, 0.4) is 0 Å². The van der Waals surface area contributed by atoms with Gasteiger partial charge in [0, 0.05) is 19.6 Å². The number of anilines is 1. The van der Waals surface area contributed by atoms with Gasteiger partial charge in [0.05, 0.1) is 0 Å². The number of amides is 1. The van der Waals surface area contributed by atoms with E-state index in [1.54, 1.807) is 7.05 Å². The van der Waals surface area contributed by atoms with Crippen molar-refractivity contribution in [2.45, 2.75) is 46.1 Å². The third kappa shape index (κ3) is 3.94. The highest BCUT2D eigenvalue weighted by Gasteiger charge is 2.21. The molecular formula is C12H22N4OS. The van der Waals surface area contributed by atoms with Gasteiger partial charge in [0.2, 0.25) is 10.1 Å². The second kappa shape index (κ2) is 7.31. The molecule has 0 radical (unpaired) electrons. The quantitative estimate of drug-likeness (QED) is 0.774. The number of hydrogen-bond acceptors (Lipinski definition) is 5. The molecule has 0 unspecified atom stereocenters. The van der Waals surface area contributed by atoms with E-state index < -0.39 is 0 Å². The molecule has 0 aliphatic carbocycles. The fourth-order valence-corrected chi connectivity index (χ4v) is 2.31. The summed E-state index contributed by atoms with van der Waals surface area (Å²) in [6.45, 7) is 7.01. The maximum Gasteiger partial charge on any atom is 0.285 e. The molecule has 1 aromatic rings. The van der Waals surface area contributed by atoms with E-state index in [4.69, 9.17) is 0 Å². The molecule has 0 fully saturated rings. The van der Waals surface area contributed by atoms with Crippen LogP contribution in [0.5, 0.6) is 0 Å². The monoisotopic (exact) mass is 270 g/mol. The maximum atomic E-state index is 12.3. The summed E-state index contributed by atoms with van der Waals surface area (Å²) in [4.78, 5) is 14.2. The van der Waals surface area contributed by atoms with E-state index in [0.29, 0.717) is 10.1 Å². The van der Waals surface area contributed by atoms with E-state index >= 15 is 0 Å². The zero-order chi connectivity index (χ0) is 13.5. The average Bonchev–Trinajstić information content (AvgIpc) is 2.82. The van der Waals surface area contributed by atoms with Crippen LogP contribution < -0.4 is 5.32 Å². The van der Waals surface area contributed by atoms with Gasteiger partial charge in [-0.3, -0.25) is 4.79 Å². The van der Waals surface area contributed by atoms with Crippen LogP contribution in [0, 0.1) is 0 Å². The van der Waals surface area contributed by atoms with E-state index in [-0.39, 0.29) is 11.9 Å². The number of carbonyl (C=O) groups is 1. The molecule has 0 aromatic carbocycles. The fourth-order valence-electron chi connectivity index (χ4n) is 1.66. The van der Waals surface area contributed by atoms with Crippen molar-refractivity contribution in [2.75, 3.05) is 18.9 Å². The third-order valence-corrected chi connectivity index (χ3v) is 3.64. The zero-order valence-electron chi connectivity index (χ0n) is 11.6. The number of hydrogen-bond donors (Lipinski definition) is 1. The summed E-state index contributed by atoms with van der Waals surface area (Å²) in [7, 11) is 1.77. The molecule has 1 rings (SSSR count). The van der Waals surface area contributed by atoms with Gasteiger partial charge in [0.15, 0.2) is 0 Å². The Morgan fingerprint density at radius 3 is 2.61 bits per heavy atom. The van der Waals surface area contributed by atoms with Gasteiger partial charge in [-0.25, -0.2) is 0 Å². The molecule has 0 spiro atoms. The topological polar surface area (TPSA) is 58.1 Å². The standard InChI is InChI=1S/C12H22N4OS/c1-5-6-7-8-16(9(2)3)11(17)10-14-15-12(13-4)18-10/h9H,5-8H2,1-4H3,(H,13,15). The van der Waals surface area contributed by atoms with Crippen LogP contribution in [0.15, 0.2) is 0 Å². The number of carbonyl (C=O) groups excluding carboxylic acids is 1. The van der Waals surface area contributed by atoms with Gasteiger partial charge in [-0.15, -0.1) is 10.2 Å². The molecular weight excluding hydrogens is 248 g/mol. The lowest BCUT2D eigenvalue weighted by atomic mass is 10.2. The molecule has 1 N–H and O–H groups in total. The SMILES string of the molecule is CCCCCN(C(=O)c1nnc(NC)s1)C(C)C.